The van der Waals surface area contributed by atoms with Gasteiger partial charge in [0.05, 0.1) is 11.0 Å². The van der Waals surface area contributed by atoms with E-state index in [4.69, 9.17) is 5.26 Å². The number of aromatic nitrogens is 2. The van der Waals surface area contributed by atoms with Crippen LogP contribution in [0.5, 0.6) is 0 Å². The second-order valence-electron chi connectivity index (χ2n) is 4.40. The lowest BCUT2D eigenvalue weighted by atomic mass is 10.0. The molecule has 1 aromatic carbocycles. The van der Waals surface area contributed by atoms with Gasteiger partial charge in [0.1, 0.15) is 17.4 Å². The number of benzene rings is 1. The SMILES string of the molecule is Cc1nc2ccc(F)c3c2n(c1=O)CC3C(=O)OO. The first kappa shape index (κ1) is 11.8. The van der Waals surface area contributed by atoms with Crippen LogP contribution in [0.15, 0.2) is 16.9 Å². The summed E-state index contributed by atoms with van der Waals surface area (Å²) in [5.74, 6) is -2.66. The third kappa shape index (κ3) is 1.48. The van der Waals surface area contributed by atoms with Crippen molar-refractivity contribution in [1.82, 2.24) is 9.55 Å². The summed E-state index contributed by atoms with van der Waals surface area (Å²) in [6.07, 6.45) is 0. The highest BCUT2D eigenvalue weighted by atomic mass is 19.1. The summed E-state index contributed by atoms with van der Waals surface area (Å²) in [4.78, 5) is 31.2. The van der Waals surface area contributed by atoms with Crippen molar-refractivity contribution in [3.8, 4) is 0 Å². The molecule has 6 nitrogen and oxygen atoms in total. The maximum Gasteiger partial charge on any atom is 0.351 e. The van der Waals surface area contributed by atoms with Crippen molar-refractivity contribution in [2.45, 2.75) is 19.4 Å². The normalized spacial score (nSPS) is 16.9. The maximum atomic E-state index is 13.9. The van der Waals surface area contributed by atoms with Gasteiger partial charge < -0.3 is 9.45 Å². The van der Waals surface area contributed by atoms with Gasteiger partial charge in [-0.3, -0.25) is 4.79 Å². The molecule has 2 aromatic rings. The van der Waals surface area contributed by atoms with Crippen molar-refractivity contribution < 1.29 is 19.3 Å². The minimum absolute atomic E-state index is 0.0427. The van der Waals surface area contributed by atoms with Crippen molar-refractivity contribution >= 4 is 17.0 Å². The minimum Gasteiger partial charge on any atom is -0.304 e. The molecule has 0 bridgehead atoms. The molecule has 1 unspecified atom stereocenters. The first-order valence-corrected chi connectivity index (χ1v) is 5.59. The molecule has 7 heteroatoms. The van der Waals surface area contributed by atoms with Crippen molar-refractivity contribution in [2.24, 2.45) is 0 Å². The zero-order valence-corrected chi connectivity index (χ0v) is 9.88. The predicted octanol–water partition coefficient (Wildman–Crippen LogP) is 0.957. The molecule has 98 valence electrons. The molecule has 0 saturated carbocycles. The van der Waals surface area contributed by atoms with Gasteiger partial charge in [-0.2, -0.15) is 5.26 Å². The van der Waals surface area contributed by atoms with E-state index in [1.807, 2.05) is 0 Å². The zero-order chi connectivity index (χ0) is 13.7. The van der Waals surface area contributed by atoms with Gasteiger partial charge in [-0.1, -0.05) is 0 Å². The minimum atomic E-state index is -1.04. The fourth-order valence-corrected chi connectivity index (χ4v) is 2.51. The Kier molecular flexibility index (Phi) is 2.39. The summed E-state index contributed by atoms with van der Waals surface area (Å²) in [5, 5.41) is 8.47. The average molecular weight is 264 g/mol. The Bertz CT molecular complexity index is 768. The monoisotopic (exact) mass is 264 g/mol. The Morgan fingerprint density at radius 3 is 3.00 bits per heavy atom. The van der Waals surface area contributed by atoms with Crippen molar-refractivity contribution in [2.75, 3.05) is 0 Å². The van der Waals surface area contributed by atoms with Gasteiger partial charge in [-0.25, -0.2) is 14.2 Å². The highest BCUT2D eigenvalue weighted by Crippen LogP contribution is 2.34. The third-order valence-electron chi connectivity index (χ3n) is 3.34. The number of rotatable bonds is 1. The molecular weight excluding hydrogens is 255 g/mol. The molecular formula is C12H9FN2O4. The van der Waals surface area contributed by atoms with E-state index in [9.17, 15) is 14.0 Å². The molecule has 0 spiro atoms. The molecule has 0 fully saturated rings. The largest absolute Gasteiger partial charge is 0.351 e. The smallest absolute Gasteiger partial charge is 0.304 e. The van der Waals surface area contributed by atoms with Crippen LogP contribution < -0.4 is 5.56 Å². The number of carbonyl (C=O) groups is 1. The fourth-order valence-electron chi connectivity index (χ4n) is 2.51. The Morgan fingerprint density at radius 2 is 2.32 bits per heavy atom. The third-order valence-corrected chi connectivity index (χ3v) is 3.34. The van der Waals surface area contributed by atoms with Gasteiger partial charge in [0.2, 0.25) is 0 Å². The first-order valence-electron chi connectivity index (χ1n) is 5.59. The van der Waals surface area contributed by atoms with E-state index < -0.39 is 17.7 Å². The van der Waals surface area contributed by atoms with Crippen LogP contribution in [0, 0.1) is 12.7 Å². The molecule has 1 aliphatic heterocycles. The molecule has 0 radical (unpaired) electrons. The van der Waals surface area contributed by atoms with Gasteiger partial charge in [-0.15, -0.1) is 0 Å². The maximum absolute atomic E-state index is 13.9. The lowest BCUT2D eigenvalue weighted by molar-refractivity contribution is -0.236. The second-order valence-corrected chi connectivity index (χ2v) is 4.40. The summed E-state index contributed by atoms with van der Waals surface area (Å²) < 4.78 is 15.2. The molecule has 1 aliphatic rings. The lowest BCUT2D eigenvalue weighted by Gasteiger charge is -2.06. The van der Waals surface area contributed by atoms with E-state index in [-0.39, 0.29) is 28.9 Å². The number of carbonyl (C=O) groups excluding carboxylic acids is 1. The van der Waals surface area contributed by atoms with Gasteiger partial charge in [0.25, 0.3) is 5.56 Å². The predicted molar refractivity (Wildman–Crippen MR) is 62.2 cm³/mol. The number of hydrogen-bond donors (Lipinski definition) is 1. The van der Waals surface area contributed by atoms with E-state index in [1.165, 1.54) is 16.7 Å². The van der Waals surface area contributed by atoms with Crippen molar-refractivity contribution in [3.63, 3.8) is 0 Å². The van der Waals surface area contributed by atoms with E-state index in [0.29, 0.717) is 5.52 Å². The Labute approximate surface area is 106 Å². The van der Waals surface area contributed by atoms with E-state index in [2.05, 4.69) is 9.87 Å². The van der Waals surface area contributed by atoms with Crippen LogP contribution in [0.4, 0.5) is 4.39 Å². The Morgan fingerprint density at radius 1 is 1.58 bits per heavy atom. The average Bonchev–Trinajstić information content (AvgIpc) is 2.80. The lowest BCUT2D eigenvalue weighted by Crippen LogP contribution is -2.24. The zero-order valence-electron chi connectivity index (χ0n) is 9.88. The van der Waals surface area contributed by atoms with E-state index in [0.717, 1.165) is 0 Å². The van der Waals surface area contributed by atoms with E-state index in [1.54, 1.807) is 6.92 Å². The number of hydrogen-bond acceptors (Lipinski definition) is 5. The second kappa shape index (κ2) is 3.86. The fraction of sp³-hybridized carbons (Fsp3) is 0.250. The van der Waals surface area contributed by atoms with E-state index >= 15 is 0 Å². The van der Waals surface area contributed by atoms with Crippen LogP contribution in [-0.2, 0) is 16.2 Å². The molecule has 1 N–H and O–H groups in total. The molecule has 19 heavy (non-hydrogen) atoms. The molecule has 1 atom stereocenters. The highest BCUT2D eigenvalue weighted by molar-refractivity contribution is 5.89. The Balaban J connectivity index is 2.41. The summed E-state index contributed by atoms with van der Waals surface area (Å²) in [7, 11) is 0. The first-order chi connectivity index (χ1) is 9.04. The number of nitrogens with zero attached hydrogens (tertiary/aromatic N) is 2. The number of aryl methyl sites for hydroxylation is 1. The van der Waals surface area contributed by atoms with Crippen LogP contribution in [0.3, 0.4) is 0 Å². The van der Waals surface area contributed by atoms with Crippen molar-refractivity contribution in [1.29, 1.82) is 0 Å². The molecule has 0 amide bonds. The van der Waals surface area contributed by atoms with Crippen molar-refractivity contribution in [3.05, 3.63) is 39.6 Å². The summed E-state index contributed by atoms with van der Waals surface area (Å²) in [6.45, 7) is 1.49. The summed E-state index contributed by atoms with van der Waals surface area (Å²) in [5.41, 5.74) is 0.643. The van der Waals surface area contributed by atoms with Crippen LogP contribution in [0.2, 0.25) is 0 Å². The quantitative estimate of drug-likeness (QED) is 0.612. The topological polar surface area (TPSA) is 81.4 Å². The summed E-state index contributed by atoms with van der Waals surface area (Å²) >= 11 is 0. The van der Waals surface area contributed by atoms with Gasteiger partial charge in [0.15, 0.2) is 0 Å². The summed E-state index contributed by atoms with van der Waals surface area (Å²) in [6, 6.07) is 2.63. The molecule has 3 rings (SSSR count). The van der Waals surface area contributed by atoms with Crippen LogP contribution in [-0.4, -0.2) is 20.8 Å². The Hall–Kier alpha value is -2.28. The standard InChI is InChI=1S/C12H9FN2O4/c1-5-11(16)15-4-6(12(17)19-18)9-7(13)2-3-8(14-5)10(9)15/h2-3,6,18H,4H2,1H3. The van der Waals surface area contributed by atoms with Crippen LogP contribution in [0.25, 0.3) is 11.0 Å². The van der Waals surface area contributed by atoms with Crippen LogP contribution >= 0.6 is 0 Å². The molecule has 0 saturated heterocycles. The van der Waals surface area contributed by atoms with Gasteiger partial charge in [0, 0.05) is 12.1 Å². The molecule has 2 heterocycles. The van der Waals surface area contributed by atoms with Gasteiger partial charge >= 0.3 is 5.97 Å². The highest BCUT2D eigenvalue weighted by Gasteiger charge is 2.35. The van der Waals surface area contributed by atoms with Gasteiger partial charge in [-0.05, 0) is 19.1 Å². The molecule has 1 aromatic heterocycles. The van der Waals surface area contributed by atoms with Crippen LogP contribution in [0.1, 0.15) is 17.2 Å². The molecule has 0 aliphatic carbocycles. The number of halogens is 1.